The first-order valence-electron chi connectivity index (χ1n) is 6.28. The van der Waals surface area contributed by atoms with Gasteiger partial charge in [-0.3, -0.25) is 11.3 Å². The van der Waals surface area contributed by atoms with Gasteiger partial charge in [0.05, 0.1) is 6.04 Å². The molecule has 0 aliphatic heterocycles. The van der Waals surface area contributed by atoms with E-state index in [2.05, 4.69) is 10.4 Å². The molecule has 0 aliphatic rings. The highest BCUT2D eigenvalue weighted by molar-refractivity contribution is 7.19. The lowest BCUT2D eigenvalue weighted by molar-refractivity contribution is 0.538. The Morgan fingerprint density at radius 1 is 1.45 bits per heavy atom. The number of thiophene rings is 1. The maximum Gasteiger partial charge on any atom is 0.123 e. The summed E-state index contributed by atoms with van der Waals surface area (Å²) >= 11 is 1.62. The molecule has 0 fully saturated rings. The minimum atomic E-state index is -0.219. The minimum Gasteiger partial charge on any atom is -0.338 e. The highest BCUT2D eigenvalue weighted by atomic mass is 32.1. The molecule has 0 saturated heterocycles. The number of nitrogens with two attached hydrogens (primary N) is 1. The number of hydrazine groups is 1. The number of hydrogen-bond donors (Lipinski definition) is 2. The Morgan fingerprint density at radius 2 is 2.30 bits per heavy atom. The first-order chi connectivity index (χ1) is 9.67. The molecule has 0 saturated carbocycles. The molecule has 0 bridgehead atoms. The number of halogens is 1. The van der Waals surface area contributed by atoms with Crippen LogP contribution in [0.3, 0.4) is 0 Å². The molecule has 6 heteroatoms. The van der Waals surface area contributed by atoms with Crippen LogP contribution in [0.5, 0.6) is 0 Å². The standard InChI is InChI=1S/C14H15FN4S/c1-19-5-4-17-14(19)8-11(18-16)13-7-9-6-10(15)2-3-12(9)20-13/h2-7,11,18H,8,16H2,1H3. The summed E-state index contributed by atoms with van der Waals surface area (Å²) in [7, 11) is 1.95. The van der Waals surface area contributed by atoms with Crippen molar-refractivity contribution in [1.29, 1.82) is 0 Å². The molecule has 3 N–H and O–H groups in total. The topological polar surface area (TPSA) is 55.9 Å². The second kappa shape index (κ2) is 5.32. The SMILES string of the molecule is Cn1ccnc1CC(NN)c1cc2cc(F)ccc2s1. The van der Waals surface area contributed by atoms with Gasteiger partial charge >= 0.3 is 0 Å². The van der Waals surface area contributed by atoms with E-state index in [0.29, 0.717) is 6.42 Å². The van der Waals surface area contributed by atoms with E-state index in [1.165, 1.54) is 6.07 Å². The van der Waals surface area contributed by atoms with Gasteiger partial charge in [0, 0.05) is 35.4 Å². The molecule has 1 atom stereocenters. The van der Waals surface area contributed by atoms with Crippen LogP contribution >= 0.6 is 11.3 Å². The molecule has 2 heterocycles. The van der Waals surface area contributed by atoms with Crippen molar-refractivity contribution >= 4 is 21.4 Å². The maximum atomic E-state index is 13.2. The van der Waals surface area contributed by atoms with Crippen LogP contribution in [0.4, 0.5) is 4.39 Å². The van der Waals surface area contributed by atoms with Crippen molar-refractivity contribution in [1.82, 2.24) is 15.0 Å². The quantitative estimate of drug-likeness (QED) is 0.573. The van der Waals surface area contributed by atoms with Crippen LogP contribution in [0.15, 0.2) is 36.7 Å². The molecule has 3 rings (SSSR count). The summed E-state index contributed by atoms with van der Waals surface area (Å²) in [5, 5.41) is 0.907. The number of nitrogens with one attached hydrogen (secondary N) is 1. The molecule has 104 valence electrons. The van der Waals surface area contributed by atoms with E-state index in [1.54, 1.807) is 29.7 Å². The number of hydrogen-bond acceptors (Lipinski definition) is 4. The Labute approximate surface area is 120 Å². The third kappa shape index (κ3) is 2.45. The van der Waals surface area contributed by atoms with Gasteiger partial charge in [-0.2, -0.15) is 0 Å². The number of benzene rings is 1. The summed E-state index contributed by atoms with van der Waals surface area (Å²) in [5.74, 6) is 6.40. The van der Waals surface area contributed by atoms with Crippen LogP contribution in [0.25, 0.3) is 10.1 Å². The van der Waals surface area contributed by atoms with Crippen molar-refractivity contribution < 1.29 is 4.39 Å². The van der Waals surface area contributed by atoms with Gasteiger partial charge in [0.15, 0.2) is 0 Å². The van der Waals surface area contributed by atoms with E-state index in [1.807, 2.05) is 23.9 Å². The molecule has 0 radical (unpaired) electrons. The lowest BCUT2D eigenvalue weighted by Gasteiger charge is -2.13. The predicted octanol–water partition coefficient (Wildman–Crippen LogP) is 2.52. The monoisotopic (exact) mass is 290 g/mol. The Balaban J connectivity index is 1.92. The predicted molar refractivity (Wildman–Crippen MR) is 78.8 cm³/mol. The maximum absolute atomic E-state index is 13.2. The van der Waals surface area contributed by atoms with Crippen LogP contribution in [0.1, 0.15) is 16.7 Å². The van der Waals surface area contributed by atoms with Gasteiger partial charge in [0.1, 0.15) is 11.6 Å². The number of aryl methyl sites for hydroxylation is 1. The smallest absolute Gasteiger partial charge is 0.123 e. The van der Waals surface area contributed by atoms with Crippen molar-refractivity contribution in [3.63, 3.8) is 0 Å². The van der Waals surface area contributed by atoms with Crippen LogP contribution < -0.4 is 11.3 Å². The van der Waals surface area contributed by atoms with E-state index >= 15 is 0 Å². The van der Waals surface area contributed by atoms with Crippen molar-refractivity contribution in [3.8, 4) is 0 Å². The molecule has 1 aromatic carbocycles. The molecule has 4 nitrogen and oxygen atoms in total. The summed E-state index contributed by atoms with van der Waals surface area (Å²) in [6, 6.07) is 6.77. The fraction of sp³-hybridized carbons (Fsp3) is 0.214. The Bertz CT molecular complexity index is 734. The fourth-order valence-electron chi connectivity index (χ4n) is 2.22. The highest BCUT2D eigenvalue weighted by Gasteiger charge is 2.16. The molecule has 0 aliphatic carbocycles. The zero-order valence-corrected chi connectivity index (χ0v) is 11.8. The minimum absolute atomic E-state index is 0.0310. The molecular weight excluding hydrogens is 275 g/mol. The van der Waals surface area contributed by atoms with Crippen LogP contribution in [-0.2, 0) is 13.5 Å². The average molecular weight is 290 g/mol. The second-order valence-corrected chi connectivity index (χ2v) is 5.82. The largest absolute Gasteiger partial charge is 0.338 e. The summed E-state index contributed by atoms with van der Waals surface area (Å²) in [6.45, 7) is 0. The first kappa shape index (κ1) is 13.2. The normalized spacial score (nSPS) is 12.9. The zero-order valence-electron chi connectivity index (χ0n) is 11.0. The van der Waals surface area contributed by atoms with E-state index < -0.39 is 0 Å². The molecule has 20 heavy (non-hydrogen) atoms. The third-order valence-corrected chi connectivity index (χ3v) is 4.58. The summed E-state index contributed by atoms with van der Waals surface area (Å²) in [4.78, 5) is 5.39. The Morgan fingerprint density at radius 3 is 3.00 bits per heavy atom. The second-order valence-electron chi connectivity index (χ2n) is 4.71. The van der Waals surface area contributed by atoms with Crippen LogP contribution in [0, 0.1) is 5.82 Å². The van der Waals surface area contributed by atoms with Gasteiger partial charge in [0.25, 0.3) is 0 Å². The summed E-state index contributed by atoms with van der Waals surface area (Å²) in [5.41, 5.74) is 2.82. The summed E-state index contributed by atoms with van der Waals surface area (Å²) in [6.07, 6.45) is 4.36. The van der Waals surface area contributed by atoms with Gasteiger partial charge in [-0.05, 0) is 29.7 Å². The fourth-order valence-corrected chi connectivity index (χ4v) is 3.33. The highest BCUT2D eigenvalue weighted by Crippen LogP contribution is 2.31. The Hall–Kier alpha value is -1.76. The van der Waals surface area contributed by atoms with Gasteiger partial charge in [-0.25, -0.2) is 9.37 Å². The summed E-state index contributed by atoms with van der Waals surface area (Å²) < 4.78 is 16.3. The molecular formula is C14H15FN4S. The number of fused-ring (bicyclic) bond motifs is 1. The van der Waals surface area contributed by atoms with Gasteiger partial charge < -0.3 is 4.57 Å². The molecule has 2 aromatic heterocycles. The lowest BCUT2D eigenvalue weighted by atomic mass is 10.1. The van der Waals surface area contributed by atoms with Gasteiger partial charge in [-0.15, -0.1) is 11.3 Å². The van der Waals surface area contributed by atoms with Crippen molar-refractivity contribution in [3.05, 3.63) is 53.2 Å². The lowest BCUT2D eigenvalue weighted by Crippen LogP contribution is -2.29. The van der Waals surface area contributed by atoms with E-state index in [-0.39, 0.29) is 11.9 Å². The van der Waals surface area contributed by atoms with E-state index in [0.717, 1.165) is 20.8 Å². The van der Waals surface area contributed by atoms with Gasteiger partial charge in [-0.1, -0.05) is 0 Å². The van der Waals surface area contributed by atoms with Gasteiger partial charge in [0.2, 0.25) is 0 Å². The Kier molecular flexibility index (Phi) is 3.52. The molecule has 0 spiro atoms. The average Bonchev–Trinajstić information content (AvgIpc) is 3.01. The number of aromatic nitrogens is 2. The number of imidazole rings is 1. The van der Waals surface area contributed by atoms with Crippen molar-refractivity contribution in [2.24, 2.45) is 12.9 Å². The third-order valence-electron chi connectivity index (χ3n) is 3.35. The zero-order chi connectivity index (χ0) is 14.1. The van der Waals surface area contributed by atoms with Crippen LogP contribution in [0.2, 0.25) is 0 Å². The van der Waals surface area contributed by atoms with E-state index in [9.17, 15) is 4.39 Å². The molecule has 0 amide bonds. The molecule has 1 unspecified atom stereocenters. The van der Waals surface area contributed by atoms with Crippen LogP contribution in [-0.4, -0.2) is 9.55 Å². The van der Waals surface area contributed by atoms with Crippen molar-refractivity contribution in [2.45, 2.75) is 12.5 Å². The first-order valence-corrected chi connectivity index (χ1v) is 7.10. The van der Waals surface area contributed by atoms with E-state index in [4.69, 9.17) is 5.84 Å². The van der Waals surface area contributed by atoms with Crippen molar-refractivity contribution in [2.75, 3.05) is 0 Å². The number of rotatable bonds is 4. The molecule has 3 aromatic rings. The number of nitrogens with zero attached hydrogens (tertiary/aromatic N) is 2.